The Bertz CT molecular complexity index is 815. The number of nitrogens with one attached hydrogen (secondary N) is 2. The Balaban J connectivity index is 1.96. The zero-order chi connectivity index (χ0) is 18.4. The predicted octanol–water partition coefficient (Wildman–Crippen LogP) is 2.46. The number of carbonyl (C=O) groups is 3. The Hall–Kier alpha value is -3.15. The van der Waals surface area contributed by atoms with Gasteiger partial charge in [-0.3, -0.25) is 9.59 Å². The Kier molecular flexibility index (Phi) is 5.89. The molecule has 25 heavy (non-hydrogen) atoms. The summed E-state index contributed by atoms with van der Waals surface area (Å²) in [6, 6.07) is 11.8. The van der Waals surface area contributed by atoms with Crippen molar-refractivity contribution in [2.75, 3.05) is 19.0 Å². The molecule has 0 bridgehead atoms. The largest absolute Gasteiger partial charge is 0.452 e. The number of esters is 1. The molecule has 6 nitrogen and oxygen atoms in total. The van der Waals surface area contributed by atoms with Crippen LogP contribution in [0, 0.1) is 13.8 Å². The van der Waals surface area contributed by atoms with E-state index in [2.05, 4.69) is 10.6 Å². The van der Waals surface area contributed by atoms with Crippen molar-refractivity contribution in [3.8, 4) is 0 Å². The summed E-state index contributed by atoms with van der Waals surface area (Å²) < 4.78 is 5.07. The van der Waals surface area contributed by atoms with Gasteiger partial charge in [-0.15, -0.1) is 0 Å². The number of hydrogen-bond donors (Lipinski definition) is 2. The van der Waals surface area contributed by atoms with Crippen molar-refractivity contribution in [1.29, 1.82) is 0 Å². The number of amides is 2. The van der Waals surface area contributed by atoms with Crippen LogP contribution in [-0.2, 0) is 9.53 Å². The van der Waals surface area contributed by atoms with E-state index in [1.807, 2.05) is 19.9 Å². The molecule has 2 amide bonds. The summed E-state index contributed by atoms with van der Waals surface area (Å²) in [5, 5.41) is 5.11. The summed E-state index contributed by atoms with van der Waals surface area (Å²) in [6.07, 6.45) is 0. The van der Waals surface area contributed by atoms with Crippen LogP contribution in [0.2, 0.25) is 0 Å². The molecule has 0 unspecified atom stereocenters. The minimum Gasteiger partial charge on any atom is -0.452 e. The molecule has 0 saturated heterocycles. The van der Waals surface area contributed by atoms with E-state index in [1.165, 1.54) is 7.05 Å². The molecule has 0 aliphatic rings. The first kappa shape index (κ1) is 18.2. The number of ether oxygens (including phenoxy) is 1. The zero-order valence-electron chi connectivity index (χ0n) is 14.4. The third kappa shape index (κ3) is 4.67. The first-order valence-corrected chi connectivity index (χ1v) is 7.77. The maximum absolute atomic E-state index is 12.1. The van der Waals surface area contributed by atoms with Crippen molar-refractivity contribution in [2.45, 2.75) is 13.8 Å². The van der Waals surface area contributed by atoms with Crippen LogP contribution in [0.4, 0.5) is 5.69 Å². The molecule has 0 spiro atoms. The Morgan fingerprint density at radius 3 is 2.48 bits per heavy atom. The minimum absolute atomic E-state index is 0.252. The predicted molar refractivity (Wildman–Crippen MR) is 94.7 cm³/mol. The third-order valence-corrected chi connectivity index (χ3v) is 3.79. The van der Waals surface area contributed by atoms with E-state index >= 15 is 0 Å². The molecule has 0 aliphatic heterocycles. The van der Waals surface area contributed by atoms with Crippen LogP contribution in [-0.4, -0.2) is 31.4 Å². The molecule has 2 N–H and O–H groups in total. The average Bonchev–Trinajstić information content (AvgIpc) is 2.61. The van der Waals surface area contributed by atoms with E-state index in [0.717, 1.165) is 11.1 Å². The first-order valence-electron chi connectivity index (χ1n) is 7.77. The fourth-order valence-electron chi connectivity index (χ4n) is 2.26. The van der Waals surface area contributed by atoms with Gasteiger partial charge in [-0.2, -0.15) is 0 Å². The van der Waals surface area contributed by atoms with Crippen molar-refractivity contribution in [2.24, 2.45) is 0 Å². The molecule has 0 saturated carbocycles. The fourth-order valence-corrected chi connectivity index (χ4v) is 2.26. The van der Waals surface area contributed by atoms with Crippen LogP contribution in [0.5, 0.6) is 0 Å². The van der Waals surface area contributed by atoms with Crippen molar-refractivity contribution >= 4 is 23.5 Å². The van der Waals surface area contributed by atoms with E-state index in [4.69, 9.17) is 4.74 Å². The third-order valence-electron chi connectivity index (χ3n) is 3.79. The smallest absolute Gasteiger partial charge is 0.338 e. The van der Waals surface area contributed by atoms with Crippen molar-refractivity contribution in [3.05, 3.63) is 64.7 Å². The van der Waals surface area contributed by atoms with Crippen LogP contribution in [0.25, 0.3) is 0 Å². The lowest BCUT2D eigenvalue weighted by atomic mass is 10.0. The summed E-state index contributed by atoms with van der Waals surface area (Å²) >= 11 is 0. The lowest BCUT2D eigenvalue weighted by molar-refractivity contribution is -0.119. The van der Waals surface area contributed by atoms with Gasteiger partial charge in [0.05, 0.1) is 5.56 Å². The highest BCUT2D eigenvalue weighted by Crippen LogP contribution is 2.14. The zero-order valence-corrected chi connectivity index (χ0v) is 14.4. The van der Waals surface area contributed by atoms with Gasteiger partial charge in [0.15, 0.2) is 6.61 Å². The SMILES string of the molecule is CNC(=O)c1cccc(NC(=O)COC(=O)c2cccc(C)c2C)c1. The lowest BCUT2D eigenvalue weighted by Crippen LogP contribution is -2.22. The second-order valence-electron chi connectivity index (χ2n) is 5.53. The fraction of sp³-hybridized carbons (Fsp3) is 0.211. The lowest BCUT2D eigenvalue weighted by Gasteiger charge is -2.10. The summed E-state index contributed by atoms with van der Waals surface area (Å²) in [7, 11) is 1.53. The molecule has 0 aromatic heterocycles. The highest BCUT2D eigenvalue weighted by molar-refractivity contribution is 5.98. The number of aryl methyl sites for hydroxylation is 1. The van der Waals surface area contributed by atoms with Gasteiger partial charge in [0.25, 0.3) is 11.8 Å². The van der Waals surface area contributed by atoms with E-state index in [1.54, 1.807) is 36.4 Å². The normalized spacial score (nSPS) is 10.0. The Morgan fingerprint density at radius 1 is 1.04 bits per heavy atom. The summed E-state index contributed by atoms with van der Waals surface area (Å²) in [5.41, 5.74) is 3.12. The van der Waals surface area contributed by atoms with Crippen molar-refractivity contribution < 1.29 is 19.1 Å². The molecule has 2 rings (SSSR count). The Labute approximate surface area is 146 Å². The van der Waals surface area contributed by atoms with Gasteiger partial charge in [0.1, 0.15) is 0 Å². The maximum Gasteiger partial charge on any atom is 0.338 e. The van der Waals surface area contributed by atoms with E-state index in [0.29, 0.717) is 16.8 Å². The molecule has 130 valence electrons. The van der Waals surface area contributed by atoms with Gasteiger partial charge in [-0.05, 0) is 49.2 Å². The van der Waals surface area contributed by atoms with Crippen LogP contribution < -0.4 is 10.6 Å². The second kappa shape index (κ2) is 8.10. The van der Waals surface area contributed by atoms with Gasteiger partial charge >= 0.3 is 5.97 Å². The quantitative estimate of drug-likeness (QED) is 0.819. The minimum atomic E-state index is -0.546. The average molecular weight is 340 g/mol. The van der Waals surface area contributed by atoms with Crippen LogP contribution >= 0.6 is 0 Å². The monoisotopic (exact) mass is 340 g/mol. The molecular formula is C19H20N2O4. The highest BCUT2D eigenvalue weighted by atomic mass is 16.5. The number of hydrogen-bond acceptors (Lipinski definition) is 4. The molecular weight excluding hydrogens is 320 g/mol. The van der Waals surface area contributed by atoms with Crippen molar-refractivity contribution in [3.63, 3.8) is 0 Å². The Morgan fingerprint density at radius 2 is 1.76 bits per heavy atom. The molecule has 6 heteroatoms. The molecule has 0 heterocycles. The van der Waals surface area contributed by atoms with Crippen molar-refractivity contribution in [1.82, 2.24) is 5.32 Å². The van der Waals surface area contributed by atoms with Gasteiger partial charge in [0, 0.05) is 18.3 Å². The van der Waals surface area contributed by atoms with Crippen LogP contribution in [0.3, 0.4) is 0 Å². The maximum atomic E-state index is 12.1. The molecule has 2 aromatic rings. The van der Waals surface area contributed by atoms with Gasteiger partial charge in [-0.1, -0.05) is 18.2 Å². The van der Waals surface area contributed by atoms with E-state index in [-0.39, 0.29) is 5.91 Å². The van der Waals surface area contributed by atoms with E-state index < -0.39 is 18.5 Å². The van der Waals surface area contributed by atoms with Gasteiger partial charge in [-0.25, -0.2) is 4.79 Å². The second-order valence-corrected chi connectivity index (χ2v) is 5.53. The summed E-state index contributed by atoms with van der Waals surface area (Å²) in [6.45, 7) is 3.32. The summed E-state index contributed by atoms with van der Waals surface area (Å²) in [5.74, 6) is -1.28. The summed E-state index contributed by atoms with van der Waals surface area (Å²) in [4.78, 5) is 35.7. The number of anilines is 1. The molecule has 0 fully saturated rings. The standard InChI is InChI=1S/C19H20N2O4/c1-12-6-4-9-16(13(12)2)19(24)25-11-17(22)21-15-8-5-7-14(10-15)18(23)20-3/h4-10H,11H2,1-3H3,(H,20,23)(H,21,22). The molecule has 0 radical (unpaired) electrons. The number of benzene rings is 2. The highest BCUT2D eigenvalue weighted by Gasteiger charge is 2.14. The first-order chi connectivity index (χ1) is 11.9. The molecule has 0 atom stereocenters. The van der Waals surface area contributed by atoms with Gasteiger partial charge in [0.2, 0.25) is 0 Å². The number of rotatable bonds is 5. The number of carbonyl (C=O) groups excluding carboxylic acids is 3. The molecule has 0 aliphatic carbocycles. The van der Waals surface area contributed by atoms with Gasteiger partial charge < -0.3 is 15.4 Å². The molecule has 2 aromatic carbocycles. The topological polar surface area (TPSA) is 84.5 Å². The van der Waals surface area contributed by atoms with Crippen LogP contribution in [0.1, 0.15) is 31.8 Å². The van der Waals surface area contributed by atoms with E-state index in [9.17, 15) is 14.4 Å². The van der Waals surface area contributed by atoms with Crippen LogP contribution in [0.15, 0.2) is 42.5 Å².